The third-order valence-corrected chi connectivity index (χ3v) is 3.60. The van der Waals surface area contributed by atoms with Crippen LogP contribution in [0.4, 0.5) is 5.69 Å². The zero-order chi connectivity index (χ0) is 15.5. The van der Waals surface area contributed by atoms with E-state index >= 15 is 0 Å². The SMILES string of the molecule is COc1ccc(C(=O)Nc2cccc3ncccc23)cc1Cl. The third kappa shape index (κ3) is 2.73. The fourth-order valence-corrected chi connectivity index (χ4v) is 2.47. The molecule has 5 heteroatoms. The van der Waals surface area contributed by atoms with Crippen molar-refractivity contribution < 1.29 is 9.53 Å². The molecule has 1 N–H and O–H groups in total. The van der Waals surface area contributed by atoms with Gasteiger partial charge in [0.05, 0.1) is 23.3 Å². The first-order chi connectivity index (χ1) is 10.7. The molecule has 0 fully saturated rings. The van der Waals surface area contributed by atoms with Gasteiger partial charge in [-0.1, -0.05) is 17.7 Å². The molecule has 22 heavy (non-hydrogen) atoms. The molecule has 110 valence electrons. The first-order valence-electron chi connectivity index (χ1n) is 6.67. The van der Waals surface area contributed by atoms with Crippen molar-refractivity contribution in [2.75, 3.05) is 12.4 Å². The molecule has 0 aliphatic heterocycles. The van der Waals surface area contributed by atoms with Crippen LogP contribution in [-0.2, 0) is 0 Å². The molecule has 4 nitrogen and oxygen atoms in total. The lowest BCUT2D eigenvalue weighted by atomic mass is 10.1. The minimum Gasteiger partial charge on any atom is -0.495 e. The number of carbonyl (C=O) groups excluding carboxylic acids is 1. The second-order valence-electron chi connectivity index (χ2n) is 4.68. The Hall–Kier alpha value is -2.59. The highest BCUT2D eigenvalue weighted by Crippen LogP contribution is 2.26. The van der Waals surface area contributed by atoms with E-state index in [4.69, 9.17) is 16.3 Å². The van der Waals surface area contributed by atoms with Crippen molar-refractivity contribution in [3.05, 3.63) is 65.3 Å². The smallest absolute Gasteiger partial charge is 0.255 e. The first-order valence-corrected chi connectivity index (χ1v) is 7.05. The standard InChI is InChI=1S/C17H13ClN2O2/c1-22-16-8-7-11(10-13(16)18)17(21)20-15-6-2-5-14-12(15)4-3-9-19-14/h2-10H,1H3,(H,20,21). The van der Waals surface area contributed by atoms with Crippen molar-refractivity contribution in [1.82, 2.24) is 4.98 Å². The quantitative estimate of drug-likeness (QED) is 0.790. The summed E-state index contributed by atoms with van der Waals surface area (Å²) in [6.45, 7) is 0. The van der Waals surface area contributed by atoms with E-state index < -0.39 is 0 Å². The maximum atomic E-state index is 12.4. The maximum Gasteiger partial charge on any atom is 0.255 e. The van der Waals surface area contributed by atoms with Crippen LogP contribution in [0.2, 0.25) is 5.02 Å². The Kier molecular flexibility index (Phi) is 3.94. The number of halogens is 1. The number of benzene rings is 2. The Morgan fingerprint density at radius 1 is 1.18 bits per heavy atom. The zero-order valence-electron chi connectivity index (χ0n) is 11.8. The monoisotopic (exact) mass is 312 g/mol. The van der Waals surface area contributed by atoms with Gasteiger partial charge in [0.25, 0.3) is 5.91 Å². The van der Waals surface area contributed by atoms with Gasteiger partial charge in [0.15, 0.2) is 0 Å². The van der Waals surface area contributed by atoms with Gasteiger partial charge in [-0.3, -0.25) is 9.78 Å². The van der Waals surface area contributed by atoms with E-state index in [9.17, 15) is 4.79 Å². The van der Waals surface area contributed by atoms with E-state index in [0.717, 1.165) is 10.9 Å². The molecular formula is C17H13ClN2O2. The van der Waals surface area contributed by atoms with Gasteiger partial charge in [-0.15, -0.1) is 0 Å². The van der Waals surface area contributed by atoms with Crippen molar-refractivity contribution in [2.24, 2.45) is 0 Å². The number of fused-ring (bicyclic) bond motifs is 1. The first kappa shape index (κ1) is 14.4. The molecule has 0 bridgehead atoms. The average molecular weight is 313 g/mol. The lowest BCUT2D eigenvalue weighted by molar-refractivity contribution is 0.102. The van der Waals surface area contributed by atoms with E-state index in [-0.39, 0.29) is 5.91 Å². The van der Waals surface area contributed by atoms with Crippen LogP contribution >= 0.6 is 11.6 Å². The molecule has 0 aliphatic carbocycles. The van der Waals surface area contributed by atoms with Crippen LogP contribution < -0.4 is 10.1 Å². The third-order valence-electron chi connectivity index (χ3n) is 3.31. The van der Waals surface area contributed by atoms with Gasteiger partial charge in [-0.2, -0.15) is 0 Å². The van der Waals surface area contributed by atoms with Crippen molar-refractivity contribution >= 4 is 34.1 Å². The molecule has 3 aromatic rings. The van der Waals surface area contributed by atoms with Crippen LogP contribution in [0.5, 0.6) is 5.75 Å². The van der Waals surface area contributed by atoms with Gasteiger partial charge >= 0.3 is 0 Å². The van der Waals surface area contributed by atoms with E-state index in [0.29, 0.717) is 22.0 Å². The minimum atomic E-state index is -0.235. The summed E-state index contributed by atoms with van der Waals surface area (Å²) in [6.07, 6.45) is 1.72. The molecule has 0 aliphatic rings. The van der Waals surface area contributed by atoms with Gasteiger partial charge in [-0.25, -0.2) is 0 Å². The summed E-state index contributed by atoms with van der Waals surface area (Å²) in [7, 11) is 1.53. The Morgan fingerprint density at radius 3 is 2.82 bits per heavy atom. The summed E-state index contributed by atoms with van der Waals surface area (Å²) in [5.74, 6) is 0.300. The summed E-state index contributed by atoms with van der Waals surface area (Å²) in [5, 5.41) is 4.17. The average Bonchev–Trinajstić information content (AvgIpc) is 2.55. The van der Waals surface area contributed by atoms with E-state index in [1.54, 1.807) is 24.4 Å². The number of ether oxygens (including phenoxy) is 1. The van der Waals surface area contributed by atoms with Crippen molar-refractivity contribution in [3.63, 3.8) is 0 Å². The molecule has 0 unspecified atom stereocenters. The predicted octanol–water partition coefficient (Wildman–Crippen LogP) is 4.15. The number of nitrogens with zero attached hydrogens (tertiary/aromatic N) is 1. The Labute approximate surface area is 132 Å². The lowest BCUT2D eigenvalue weighted by Gasteiger charge is -2.09. The van der Waals surface area contributed by atoms with Crippen LogP contribution in [0.1, 0.15) is 10.4 Å². The molecule has 0 spiro atoms. The van der Waals surface area contributed by atoms with Gasteiger partial charge in [0.1, 0.15) is 5.75 Å². The molecule has 1 amide bonds. The second-order valence-corrected chi connectivity index (χ2v) is 5.09. The second kappa shape index (κ2) is 6.03. The number of rotatable bonds is 3. The van der Waals surface area contributed by atoms with E-state index in [2.05, 4.69) is 10.3 Å². The summed E-state index contributed by atoms with van der Waals surface area (Å²) in [6, 6.07) is 14.3. The van der Waals surface area contributed by atoms with Crippen LogP contribution in [0.3, 0.4) is 0 Å². The Morgan fingerprint density at radius 2 is 2.05 bits per heavy atom. The number of hydrogen-bond acceptors (Lipinski definition) is 3. The van der Waals surface area contributed by atoms with E-state index in [1.807, 2.05) is 30.3 Å². The van der Waals surface area contributed by atoms with Crippen LogP contribution in [0.15, 0.2) is 54.7 Å². The summed E-state index contributed by atoms with van der Waals surface area (Å²) >= 11 is 6.06. The van der Waals surface area contributed by atoms with Crippen molar-refractivity contribution in [3.8, 4) is 5.75 Å². The fraction of sp³-hybridized carbons (Fsp3) is 0.0588. The topological polar surface area (TPSA) is 51.2 Å². The molecule has 2 aromatic carbocycles. The number of hydrogen-bond donors (Lipinski definition) is 1. The molecule has 0 saturated heterocycles. The highest BCUT2D eigenvalue weighted by atomic mass is 35.5. The van der Waals surface area contributed by atoms with E-state index in [1.165, 1.54) is 7.11 Å². The van der Waals surface area contributed by atoms with Crippen LogP contribution in [-0.4, -0.2) is 18.0 Å². The molecule has 0 saturated carbocycles. The molecule has 1 heterocycles. The molecular weight excluding hydrogens is 300 g/mol. The number of carbonyl (C=O) groups is 1. The van der Waals surface area contributed by atoms with Crippen molar-refractivity contribution in [1.29, 1.82) is 0 Å². The van der Waals surface area contributed by atoms with Gasteiger partial charge in [0, 0.05) is 17.1 Å². The summed E-state index contributed by atoms with van der Waals surface area (Å²) < 4.78 is 5.08. The number of nitrogens with one attached hydrogen (secondary N) is 1. The number of aromatic nitrogens is 1. The number of anilines is 1. The Balaban J connectivity index is 1.92. The van der Waals surface area contributed by atoms with Gasteiger partial charge < -0.3 is 10.1 Å². The largest absolute Gasteiger partial charge is 0.495 e. The number of amides is 1. The summed E-state index contributed by atoms with van der Waals surface area (Å²) in [4.78, 5) is 16.6. The fourth-order valence-electron chi connectivity index (χ4n) is 2.21. The number of methoxy groups -OCH3 is 1. The Bertz CT molecular complexity index is 844. The lowest BCUT2D eigenvalue weighted by Crippen LogP contribution is -2.12. The molecule has 0 atom stereocenters. The van der Waals surface area contributed by atoms with Crippen LogP contribution in [0, 0.1) is 0 Å². The molecule has 0 radical (unpaired) electrons. The molecule has 1 aromatic heterocycles. The van der Waals surface area contributed by atoms with Crippen molar-refractivity contribution in [2.45, 2.75) is 0 Å². The highest BCUT2D eigenvalue weighted by Gasteiger charge is 2.11. The highest BCUT2D eigenvalue weighted by molar-refractivity contribution is 6.32. The molecule has 3 rings (SSSR count). The van der Waals surface area contributed by atoms with Crippen LogP contribution in [0.25, 0.3) is 10.9 Å². The normalized spacial score (nSPS) is 10.5. The minimum absolute atomic E-state index is 0.235. The predicted molar refractivity (Wildman–Crippen MR) is 87.7 cm³/mol. The maximum absolute atomic E-state index is 12.4. The summed E-state index contributed by atoms with van der Waals surface area (Å²) in [5.41, 5.74) is 2.00. The zero-order valence-corrected chi connectivity index (χ0v) is 12.6. The number of pyridine rings is 1. The van der Waals surface area contributed by atoms with Gasteiger partial charge in [0.2, 0.25) is 0 Å². The van der Waals surface area contributed by atoms with Gasteiger partial charge in [-0.05, 0) is 42.5 Å².